The Morgan fingerprint density at radius 2 is 1.82 bits per heavy atom. The Bertz CT molecular complexity index is 592. The van der Waals surface area contributed by atoms with Crippen molar-refractivity contribution in [3.63, 3.8) is 0 Å². The van der Waals surface area contributed by atoms with Crippen molar-refractivity contribution in [3.05, 3.63) is 57.8 Å². The Morgan fingerprint density at radius 1 is 1.18 bits per heavy atom. The average molecular weight is 316 g/mol. The highest BCUT2D eigenvalue weighted by molar-refractivity contribution is 7.10. The number of carbonyl (C=O) groups excluding carboxylic acids is 1. The molecule has 0 aliphatic heterocycles. The second-order valence-electron chi connectivity index (χ2n) is 5.72. The van der Waals surface area contributed by atoms with Crippen LogP contribution in [0.15, 0.2) is 41.8 Å². The first kappa shape index (κ1) is 16.7. The lowest BCUT2D eigenvalue weighted by atomic mass is 9.95. The molecule has 0 saturated carbocycles. The van der Waals surface area contributed by atoms with Crippen molar-refractivity contribution in [2.75, 3.05) is 0 Å². The zero-order valence-electron chi connectivity index (χ0n) is 13.4. The van der Waals surface area contributed by atoms with Crippen LogP contribution in [0.3, 0.4) is 0 Å². The number of nitrogens with one attached hydrogen (secondary N) is 1. The van der Waals surface area contributed by atoms with Gasteiger partial charge in [-0.05, 0) is 41.8 Å². The highest BCUT2D eigenvalue weighted by Gasteiger charge is 2.20. The van der Waals surface area contributed by atoms with Crippen molar-refractivity contribution in [2.45, 2.75) is 45.2 Å². The third-order valence-electron chi connectivity index (χ3n) is 4.12. The Labute approximate surface area is 136 Å². The molecular weight excluding hydrogens is 292 g/mol. The summed E-state index contributed by atoms with van der Waals surface area (Å²) >= 11 is 1.68. The molecule has 22 heavy (non-hydrogen) atoms. The van der Waals surface area contributed by atoms with Gasteiger partial charge in [0.1, 0.15) is 0 Å². The van der Waals surface area contributed by atoms with E-state index in [1.54, 1.807) is 18.3 Å². The van der Waals surface area contributed by atoms with E-state index >= 15 is 0 Å². The highest BCUT2D eigenvalue weighted by atomic mass is 32.1. The van der Waals surface area contributed by atoms with Crippen LogP contribution in [-0.2, 0) is 4.79 Å². The van der Waals surface area contributed by atoms with Crippen LogP contribution in [0, 0.1) is 0 Å². The average Bonchev–Trinajstić information content (AvgIpc) is 3.05. The number of rotatable bonds is 7. The van der Waals surface area contributed by atoms with Gasteiger partial charge in [-0.2, -0.15) is 0 Å². The first-order valence-electron chi connectivity index (χ1n) is 7.71. The fourth-order valence-electron chi connectivity index (χ4n) is 2.38. The predicted octanol–water partition coefficient (Wildman–Crippen LogP) is 3.81. The molecule has 0 unspecified atom stereocenters. The quantitative estimate of drug-likeness (QED) is 0.816. The molecule has 0 aliphatic rings. The van der Waals surface area contributed by atoms with Gasteiger partial charge in [0.15, 0.2) is 0 Å². The Morgan fingerprint density at radius 3 is 2.32 bits per heavy atom. The maximum absolute atomic E-state index is 11.4. The molecule has 1 aromatic carbocycles. The number of hydrogen-bond donors (Lipinski definition) is 2. The summed E-state index contributed by atoms with van der Waals surface area (Å²) in [6.07, 6.45) is 1.13. The third kappa shape index (κ3) is 3.96. The maximum Gasteiger partial charge on any atom is 0.234 e. The van der Waals surface area contributed by atoms with E-state index in [9.17, 15) is 4.79 Å². The summed E-state index contributed by atoms with van der Waals surface area (Å²) in [6.45, 7) is 6.23. The standard InChI is InChI=1S/C18H24N2OS/c1-4-12(2)14-7-9-15(10-8-14)17(16-6-5-11-22-16)20-13(3)18(19)21/h5-13,17,20H,4H2,1-3H3,(H2,19,21)/t12-,13+,17-/m1/s1. The van der Waals surface area contributed by atoms with Crippen LogP contribution in [0.5, 0.6) is 0 Å². The van der Waals surface area contributed by atoms with Crippen molar-refractivity contribution in [2.24, 2.45) is 5.73 Å². The molecule has 1 aromatic heterocycles. The van der Waals surface area contributed by atoms with Crippen LogP contribution in [0.1, 0.15) is 55.2 Å². The van der Waals surface area contributed by atoms with Gasteiger partial charge in [-0.1, -0.05) is 44.2 Å². The number of amides is 1. The summed E-state index contributed by atoms with van der Waals surface area (Å²) in [5.41, 5.74) is 7.90. The molecule has 0 saturated heterocycles. The summed E-state index contributed by atoms with van der Waals surface area (Å²) in [6, 6.07) is 12.4. The monoisotopic (exact) mass is 316 g/mol. The lowest BCUT2D eigenvalue weighted by Crippen LogP contribution is -2.40. The fourth-order valence-corrected chi connectivity index (χ4v) is 3.19. The van der Waals surface area contributed by atoms with Gasteiger partial charge in [-0.25, -0.2) is 0 Å². The smallest absolute Gasteiger partial charge is 0.234 e. The molecule has 1 amide bonds. The Hall–Kier alpha value is -1.65. The lowest BCUT2D eigenvalue weighted by molar-refractivity contribution is -0.119. The number of benzene rings is 1. The molecule has 1 heterocycles. The second kappa shape index (κ2) is 7.56. The van der Waals surface area contributed by atoms with Gasteiger partial charge in [0, 0.05) is 4.88 Å². The highest BCUT2D eigenvalue weighted by Crippen LogP contribution is 2.28. The van der Waals surface area contributed by atoms with E-state index < -0.39 is 0 Å². The van der Waals surface area contributed by atoms with Gasteiger partial charge in [-0.15, -0.1) is 11.3 Å². The molecule has 2 rings (SSSR count). The normalized spacial score (nSPS) is 15.2. The summed E-state index contributed by atoms with van der Waals surface area (Å²) < 4.78 is 0. The SMILES string of the molecule is CC[C@@H](C)c1ccc([C@@H](N[C@@H](C)C(N)=O)c2cccs2)cc1. The molecule has 3 atom stereocenters. The molecule has 0 radical (unpaired) electrons. The second-order valence-corrected chi connectivity index (χ2v) is 6.69. The predicted molar refractivity (Wildman–Crippen MR) is 93.1 cm³/mol. The molecule has 0 spiro atoms. The molecule has 3 nitrogen and oxygen atoms in total. The Balaban J connectivity index is 2.27. The molecule has 0 fully saturated rings. The van der Waals surface area contributed by atoms with Crippen LogP contribution in [0.4, 0.5) is 0 Å². The van der Waals surface area contributed by atoms with E-state index in [0.29, 0.717) is 5.92 Å². The van der Waals surface area contributed by atoms with Crippen molar-refractivity contribution < 1.29 is 4.79 Å². The summed E-state index contributed by atoms with van der Waals surface area (Å²) in [5.74, 6) is 0.226. The largest absolute Gasteiger partial charge is 0.368 e. The van der Waals surface area contributed by atoms with Gasteiger partial charge in [0.05, 0.1) is 12.1 Å². The van der Waals surface area contributed by atoms with Crippen LogP contribution in [-0.4, -0.2) is 11.9 Å². The minimum atomic E-state index is -0.374. The van der Waals surface area contributed by atoms with E-state index in [1.807, 2.05) is 11.4 Å². The summed E-state index contributed by atoms with van der Waals surface area (Å²) in [7, 11) is 0. The van der Waals surface area contributed by atoms with E-state index in [0.717, 1.165) is 12.0 Å². The molecule has 0 aliphatic carbocycles. The van der Waals surface area contributed by atoms with E-state index in [4.69, 9.17) is 5.73 Å². The number of thiophene rings is 1. The van der Waals surface area contributed by atoms with Gasteiger partial charge in [-0.3, -0.25) is 10.1 Å². The van der Waals surface area contributed by atoms with Crippen molar-refractivity contribution in [1.82, 2.24) is 5.32 Å². The van der Waals surface area contributed by atoms with Crippen LogP contribution in [0.2, 0.25) is 0 Å². The van der Waals surface area contributed by atoms with Crippen molar-refractivity contribution >= 4 is 17.2 Å². The molecule has 0 bridgehead atoms. The van der Waals surface area contributed by atoms with Crippen molar-refractivity contribution in [3.8, 4) is 0 Å². The first-order valence-corrected chi connectivity index (χ1v) is 8.59. The number of hydrogen-bond acceptors (Lipinski definition) is 3. The van der Waals surface area contributed by atoms with Gasteiger partial charge >= 0.3 is 0 Å². The van der Waals surface area contributed by atoms with Crippen LogP contribution in [0.25, 0.3) is 0 Å². The van der Waals surface area contributed by atoms with Crippen molar-refractivity contribution in [1.29, 1.82) is 0 Å². The molecule has 2 aromatic rings. The van der Waals surface area contributed by atoms with Crippen LogP contribution >= 0.6 is 11.3 Å². The summed E-state index contributed by atoms with van der Waals surface area (Å²) in [5, 5.41) is 5.38. The van der Waals surface area contributed by atoms with Gasteiger partial charge < -0.3 is 5.73 Å². The lowest BCUT2D eigenvalue weighted by Gasteiger charge is -2.22. The third-order valence-corrected chi connectivity index (χ3v) is 5.06. The molecular formula is C18H24N2OS. The first-order chi connectivity index (χ1) is 10.5. The maximum atomic E-state index is 11.4. The minimum absolute atomic E-state index is 0.00603. The minimum Gasteiger partial charge on any atom is -0.368 e. The molecule has 4 heteroatoms. The van der Waals surface area contributed by atoms with E-state index in [2.05, 4.69) is 49.5 Å². The zero-order valence-corrected chi connectivity index (χ0v) is 14.2. The summed E-state index contributed by atoms with van der Waals surface area (Å²) in [4.78, 5) is 12.6. The van der Waals surface area contributed by atoms with E-state index in [1.165, 1.54) is 10.4 Å². The van der Waals surface area contributed by atoms with Gasteiger partial charge in [0.25, 0.3) is 0 Å². The molecule has 3 N–H and O–H groups in total. The van der Waals surface area contributed by atoms with Crippen LogP contribution < -0.4 is 11.1 Å². The number of nitrogens with two attached hydrogens (primary N) is 1. The molecule has 118 valence electrons. The Kier molecular flexibility index (Phi) is 5.75. The van der Waals surface area contributed by atoms with E-state index in [-0.39, 0.29) is 18.0 Å². The topological polar surface area (TPSA) is 55.1 Å². The van der Waals surface area contributed by atoms with Gasteiger partial charge in [0.2, 0.25) is 5.91 Å². The fraction of sp³-hybridized carbons (Fsp3) is 0.389. The number of primary amides is 1. The zero-order chi connectivity index (χ0) is 16.1. The number of carbonyl (C=O) groups is 1.